The fourth-order valence-corrected chi connectivity index (χ4v) is 4.19. The highest BCUT2D eigenvalue weighted by Gasteiger charge is 2.30. The molecule has 0 radical (unpaired) electrons. The number of ether oxygens (including phenoxy) is 1. The molecule has 0 aliphatic carbocycles. The molecule has 1 aliphatic heterocycles. The van der Waals surface area contributed by atoms with Crippen LogP contribution < -0.4 is 10.1 Å². The molecule has 1 aliphatic rings. The van der Waals surface area contributed by atoms with E-state index in [1.54, 1.807) is 7.11 Å². The Morgan fingerprint density at radius 3 is 2.68 bits per heavy atom. The molecule has 162 valence electrons. The van der Waals surface area contributed by atoms with Crippen LogP contribution in [0.1, 0.15) is 32.7 Å². The number of rotatable bonds is 5. The molecule has 0 saturated heterocycles. The van der Waals surface area contributed by atoms with E-state index in [1.165, 1.54) is 22.5 Å². The Bertz CT molecular complexity index is 1080. The van der Waals surface area contributed by atoms with Crippen molar-refractivity contribution < 1.29 is 22.7 Å². The van der Waals surface area contributed by atoms with Crippen LogP contribution in [0.4, 0.5) is 18.3 Å². The van der Waals surface area contributed by atoms with Gasteiger partial charge in [0.1, 0.15) is 5.75 Å². The molecule has 0 atom stereocenters. The molecule has 4 rings (SSSR count). The summed E-state index contributed by atoms with van der Waals surface area (Å²) in [5.74, 6) is 0.371. The van der Waals surface area contributed by atoms with Crippen LogP contribution in [-0.2, 0) is 25.7 Å². The van der Waals surface area contributed by atoms with Crippen molar-refractivity contribution in [2.24, 2.45) is 0 Å². The summed E-state index contributed by atoms with van der Waals surface area (Å²) in [5.41, 5.74) is 2.75. The molecular formula is C22H20F3N3O2S. The first-order chi connectivity index (χ1) is 14.8. The molecule has 2 aromatic carbocycles. The van der Waals surface area contributed by atoms with Crippen molar-refractivity contribution >= 4 is 22.4 Å². The maximum atomic E-state index is 12.7. The number of anilines is 1. The summed E-state index contributed by atoms with van der Waals surface area (Å²) in [5, 5.41) is 4.96. The van der Waals surface area contributed by atoms with Crippen LogP contribution in [0.15, 0.2) is 47.8 Å². The topological polar surface area (TPSA) is 54.5 Å². The van der Waals surface area contributed by atoms with Gasteiger partial charge in [0.05, 0.1) is 18.4 Å². The first-order valence-corrected chi connectivity index (χ1v) is 10.5. The lowest BCUT2D eigenvalue weighted by Gasteiger charge is -2.28. The third kappa shape index (κ3) is 5.05. The summed E-state index contributed by atoms with van der Waals surface area (Å²) < 4.78 is 43.3. The van der Waals surface area contributed by atoms with E-state index < -0.39 is 17.6 Å². The van der Waals surface area contributed by atoms with Crippen molar-refractivity contribution in [1.82, 2.24) is 9.88 Å². The number of hydrogen-bond acceptors (Lipinski definition) is 5. The minimum atomic E-state index is -4.43. The number of carbonyl (C=O) groups excluding carboxylic acids is 1. The first kappa shape index (κ1) is 21.3. The fraction of sp³-hybridized carbons (Fsp3) is 0.273. The Kier molecular flexibility index (Phi) is 5.97. The van der Waals surface area contributed by atoms with Gasteiger partial charge in [-0.1, -0.05) is 6.07 Å². The van der Waals surface area contributed by atoms with E-state index in [-0.39, 0.29) is 5.56 Å². The van der Waals surface area contributed by atoms with Crippen LogP contribution in [0.3, 0.4) is 0 Å². The third-order valence-corrected chi connectivity index (χ3v) is 5.94. The number of carbonyl (C=O) groups is 1. The van der Waals surface area contributed by atoms with E-state index in [9.17, 15) is 18.0 Å². The number of fused-ring (bicyclic) bond motifs is 1. The van der Waals surface area contributed by atoms with Crippen LogP contribution in [0.25, 0.3) is 0 Å². The molecule has 0 saturated carbocycles. The summed E-state index contributed by atoms with van der Waals surface area (Å²) in [6, 6.07) is 10.2. The van der Waals surface area contributed by atoms with E-state index in [0.29, 0.717) is 11.7 Å². The number of aromatic nitrogens is 1. The Morgan fingerprint density at radius 1 is 1.19 bits per heavy atom. The molecule has 3 aromatic rings. The van der Waals surface area contributed by atoms with Gasteiger partial charge in [-0.15, -0.1) is 11.3 Å². The molecule has 0 fully saturated rings. The summed E-state index contributed by atoms with van der Waals surface area (Å²) in [6.45, 7) is 2.35. The van der Waals surface area contributed by atoms with Gasteiger partial charge in [-0.05, 0) is 53.9 Å². The Hall–Kier alpha value is -2.91. The lowest BCUT2D eigenvalue weighted by Crippen LogP contribution is -2.30. The van der Waals surface area contributed by atoms with Crippen LogP contribution in [0.5, 0.6) is 5.75 Å². The fourth-order valence-electron chi connectivity index (χ4n) is 3.50. The number of amides is 1. The number of alkyl halides is 3. The molecule has 0 unspecified atom stereocenters. The molecule has 0 spiro atoms. The molecular weight excluding hydrogens is 427 g/mol. The quantitative estimate of drug-likeness (QED) is 0.599. The average Bonchev–Trinajstić information content (AvgIpc) is 3.19. The summed E-state index contributed by atoms with van der Waals surface area (Å²) in [7, 11) is 1.66. The van der Waals surface area contributed by atoms with Gasteiger partial charge in [-0.2, -0.15) is 13.2 Å². The number of methoxy groups -OCH3 is 1. The average molecular weight is 447 g/mol. The molecule has 9 heteroatoms. The van der Waals surface area contributed by atoms with Crippen LogP contribution in [0, 0.1) is 0 Å². The lowest BCUT2D eigenvalue weighted by atomic mass is 9.99. The second-order valence-corrected chi connectivity index (χ2v) is 8.13. The molecule has 1 amide bonds. The van der Waals surface area contributed by atoms with Crippen molar-refractivity contribution in [3.05, 3.63) is 75.8 Å². The summed E-state index contributed by atoms with van der Waals surface area (Å²) >= 11 is 1.29. The molecule has 2 heterocycles. The van der Waals surface area contributed by atoms with Gasteiger partial charge in [0.25, 0.3) is 5.91 Å². The standard InChI is InChI=1S/C22H20F3N3O2S/c1-30-19-7-4-16-11-28(9-8-15(16)10-19)12-18-13-31-21(26-18)27-20(29)14-2-5-17(6-3-14)22(23,24)25/h2-7,10,13H,8-9,11-12H2,1H3,(H,26,27,29). The second-order valence-electron chi connectivity index (χ2n) is 7.27. The Labute approximate surface area is 181 Å². The number of hydrogen-bond donors (Lipinski definition) is 1. The molecule has 31 heavy (non-hydrogen) atoms. The van der Waals surface area contributed by atoms with Gasteiger partial charge >= 0.3 is 6.18 Å². The third-order valence-electron chi connectivity index (χ3n) is 5.14. The Morgan fingerprint density at radius 2 is 1.97 bits per heavy atom. The smallest absolute Gasteiger partial charge is 0.416 e. The minimum absolute atomic E-state index is 0.146. The van der Waals surface area contributed by atoms with Crippen LogP contribution in [-0.4, -0.2) is 29.4 Å². The lowest BCUT2D eigenvalue weighted by molar-refractivity contribution is -0.137. The number of benzene rings is 2. The van der Waals surface area contributed by atoms with E-state index >= 15 is 0 Å². The normalized spacial score (nSPS) is 14.2. The highest BCUT2D eigenvalue weighted by atomic mass is 32.1. The highest BCUT2D eigenvalue weighted by molar-refractivity contribution is 7.14. The van der Waals surface area contributed by atoms with Gasteiger partial charge in [-0.25, -0.2) is 4.98 Å². The second kappa shape index (κ2) is 8.68. The predicted octanol–water partition coefficient (Wildman–Crippen LogP) is 4.98. The van der Waals surface area contributed by atoms with Gasteiger partial charge in [0.2, 0.25) is 0 Å². The molecule has 5 nitrogen and oxygen atoms in total. The molecule has 0 bridgehead atoms. The van der Waals surface area contributed by atoms with Crippen LogP contribution >= 0.6 is 11.3 Å². The van der Waals surface area contributed by atoms with E-state index in [4.69, 9.17) is 4.74 Å². The van der Waals surface area contributed by atoms with Gasteiger partial charge in [0, 0.05) is 30.6 Å². The van der Waals surface area contributed by atoms with E-state index in [0.717, 1.165) is 55.2 Å². The number of halogens is 3. The number of thiazole rings is 1. The monoisotopic (exact) mass is 447 g/mol. The predicted molar refractivity (Wildman–Crippen MR) is 112 cm³/mol. The first-order valence-electron chi connectivity index (χ1n) is 9.63. The van der Waals surface area contributed by atoms with Crippen LogP contribution in [0.2, 0.25) is 0 Å². The maximum absolute atomic E-state index is 12.7. The highest BCUT2D eigenvalue weighted by Crippen LogP contribution is 2.29. The zero-order valence-corrected chi connectivity index (χ0v) is 17.5. The minimum Gasteiger partial charge on any atom is -0.497 e. The summed E-state index contributed by atoms with van der Waals surface area (Å²) in [6.07, 6.45) is -3.51. The van der Waals surface area contributed by atoms with E-state index in [1.807, 2.05) is 11.4 Å². The van der Waals surface area contributed by atoms with Gasteiger partial charge in [0.15, 0.2) is 5.13 Å². The molecule has 1 N–H and O–H groups in total. The zero-order valence-electron chi connectivity index (χ0n) is 16.7. The Balaban J connectivity index is 1.35. The summed E-state index contributed by atoms with van der Waals surface area (Å²) in [4.78, 5) is 19.1. The van der Waals surface area contributed by atoms with Crippen molar-refractivity contribution in [1.29, 1.82) is 0 Å². The van der Waals surface area contributed by atoms with Crippen molar-refractivity contribution in [2.45, 2.75) is 25.7 Å². The number of nitrogens with zero attached hydrogens (tertiary/aromatic N) is 2. The van der Waals surface area contributed by atoms with Crippen molar-refractivity contribution in [2.75, 3.05) is 19.0 Å². The maximum Gasteiger partial charge on any atom is 0.416 e. The van der Waals surface area contributed by atoms with Gasteiger partial charge < -0.3 is 4.74 Å². The van der Waals surface area contributed by atoms with E-state index in [2.05, 4.69) is 27.3 Å². The van der Waals surface area contributed by atoms with Crippen molar-refractivity contribution in [3.8, 4) is 5.75 Å². The largest absolute Gasteiger partial charge is 0.497 e. The van der Waals surface area contributed by atoms with Gasteiger partial charge in [-0.3, -0.25) is 15.0 Å². The zero-order chi connectivity index (χ0) is 22.0. The SMILES string of the molecule is COc1ccc2c(c1)CCN(Cc1csc(NC(=O)c3ccc(C(F)(F)F)cc3)n1)C2. The number of nitrogens with one attached hydrogen (secondary N) is 1. The molecule has 1 aromatic heterocycles. The van der Waals surface area contributed by atoms with Crippen molar-refractivity contribution in [3.63, 3.8) is 0 Å².